The van der Waals surface area contributed by atoms with Crippen molar-refractivity contribution in [3.05, 3.63) is 63.6 Å². The fourth-order valence-corrected chi connectivity index (χ4v) is 1.93. The van der Waals surface area contributed by atoms with Gasteiger partial charge in [0.05, 0.1) is 10.7 Å². The normalized spacial score (nSPS) is 10.2. The molecule has 0 radical (unpaired) electrons. The van der Waals surface area contributed by atoms with Crippen LogP contribution in [0.15, 0.2) is 42.5 Å². The molecule has 2 aromatic rings. The lowest BCUT2D eigenvalue weighted by molar-refractivity contribution is 0.102. The van der Waals surface area contributed by atoms with Gasteiger partial charge in [-0.25, -0.2) is 0 Å². The van der Waals surface area contributed by atoms with E-state index in [0.717, 1.165) is 5.56 Å². The molecular weight excluding hydrogens is 269 g/mol. The summed E-state index contributed by atoms with van der Waals surface area (Å²) in [6.07, 6.45) is 0. The van der Waals surface area contributed by atoms with Crippen molar-refractivity contribution in [1.82, 2.24) is 0 Å². The smallest absolute Gasteiger partial charge is 0.255 e. The first-order valence-corrected chi connectivity index (χ1v) is 6.15. The van der Waals surface area contributed by atoms with Crippen LogP contribution in [0.25, 0.3) is 0 Å². The molecule has 0 aliphatic heterocycles. The zero-order chi connectivity index (χ0) is 13.1. The third-order valence-electron chi connectivity index (χ3n) is 2.48. The van der Waals surface area contributed by atoms with Gasteiger partial charge < -0.3 is 5.32 Å². The third-order valence-corrected chi connectivity index (χ3v) is 3.04. The number of amides is 1. The molecule has 1 amide bonds. The molecule has 0 aromatic heterocycles. The van der Waals surface area contributed by atoms with E-state index in [1.807, 2.05) is 13.0 Å². The number of rotatable bonds is 2. The number of halogens is 2. The summed E-state index contributed by atoms with van der Waals surface area (Å²) in [4.78, 5) is 11.9. The van der Waals surface area contributed by atoms with Gasteiger partial charge in [-0.3, -0.25) is 4.79 Å². The average molecular weight is 280 g/mol. The van der Waals surface area contributed by atoms with E-state index < -0.39 is 0 Å². The molecule has 0 atom stereocenters. The van der Waals surface area contributed by atoms with Crippen LogP contribution in [0.2, 0.25) is 10.0 Å². The Hall–Kier alpha value is -1.51. The molecule has 0 aliphatic carbocycles. The van der Waals surface area contributed by atoms with Crippen molar-refractivity contribution < 1.29 is 4.79 Å². The minimum Gasteiger partial charge on any atom is -0.321 e. The van der Waals surface area contributed by atoms with Crippen molar-refractivity contribution in [2.24, 2.45) is 0 Å². The maximum Gasteiger partial charge on any atom is 0.255 e. The number of aryl methyl sites for hydroxylation is 1. The number of nitrogens with one attached hydrogen (secondary N) is 1. The highest BCUT2D eigenvalue weighted by Crippen LogP contribution is 2.23. The van der Waals surface area contributed by atoms with E-state index in [2.05, 4.69) is 5.32 Å². The van der Waals surface area contributed by atoms with E-state index in [-0.39, 0.29) is 5.91 Å². The first-order chi connectivity index (χ1) is 8.56. The van der Waals surface area contributed by atoms with Gasteiger partial charge in [0.25, 0.3) is 5.91 Å². The summed E-state index contributed by atoms with van der Waals surface area (Å²) < 4.78 is 0. The van der Waals surface area contributed by atoms with Gasteiger partial charge in [-0.2, -0.15) is 0 Å². The Balaban J connectivity index is 2.18. The molecule has 4 heteroatoms. The number of carbonyl (C=O) groups is 1. The monoisotopic (exact) mass is 279 g/mol. The van der Waals surface area contributed by atoms with E-state index in [0.29, 0.717) is 21.3 Å². The number of benzene rings is 2. The Labute approximate surface area is 116 Å². The lowest BCUT2D eigenvalue weighted by Gasteiger charge is -2.08. The van der Waals surface area contributed by atoms with Crippen molar-refractivity contribution in [3.8, 4) is 0 Å². The van der Waals surface area contributed by atoms with Gasteiger partial charge in [0.2, 0.25) is 0 Å². The van der Waals surface area contributed by atoms with Crippen LogP contribution in [0.5, 0.6) is 0 Å². The fraction of sp³-hybridized carbons (Fsp3) is 0.0714. The minimum atomic E-state index is -0.211. The van der Waals surface area contributed by atoms with Gasteiger partial charge in [-0.15, -0.1) is 0 Å². The van der Waals surface area contributed by atoms with Gasteiger partial charge in [0.15, 0.2) is 0 Å². The number of carbonyl (C=O) groups excluding carboxylic acids is 1. The molecule has 2 rings (SSSR count). The molecule has 2 aromatic carbocycles. The van der Waals surface area contributed by atoms with Crippen molar-refractivity contribution in [1.29, 1.82) is 0 Å². The Bertz CT molecular complexity index is 579. The van der Waals surface area contributed by atoms with E-state index in [4.69, 9.17) is 23.2 Å². The van der Waals surface area contributed by atoms with Crippen LogP contribution in [0.4, 0.5) is 5.69 Å². The van der Waals surface area contributed by atoms with Gasteiger partial charge in [0.1, 0.15) is 0 Å². The highest BCUT2D eigenvalue weighted by molar-refractivity contribution is 6.34. The number of hydrogen-bond donors (Lipinski definition) is 1. The summed E-state index contributed by atoms with van der Waals surface area (Å²) >= 11 is 11.8. The average Bonchev–Trinajstić information content (AvgIpc) is 2.33. The van der Waals surface area contributed by atoms with Crippen LogP contribution in [0.1, 0.15) is 15.9 Å². The van der Waals surface area contributed by atoms with Crippen molar-refractivity contribution in [3.63, 3.8) is 0 Å². The van der Waals surface area contributed by atoms with E-state index in [1.54, 1.807) is 36.4 Å². The number of hydrogen-bond acceptors (Lipinski definition) is 1. The predicted octanol–water partition coefficient (Wildman–Crippen LogP) is 4.55. The Morgan fingerprint density at radius 1 is 1.06 bits per heavy atom. The second kappa shape index (κ2) is 5.42. The van der Waals surface area contributed by atoms with Crippen LogP contribution in [0, 0.1) is 6.92 Å². The summed E-state index contributed by atoms with van der Waals surface area (Å²) in [6.45, 7) is 1.94. The molecule has 0 saturated heterocycles. The lowest BCUT2D eigenvalue weighted by atomic mass is 10.2. The highest BCUT2D eigenvalue weighted by Gasteiger charge is 2.08. The molecule has 0 aliphatic rings. The summed E-state index contributed by atoms with van der Waals surface area (Å²) in [7, 11) is 0. The van der Waals surface area contributed by atoms with Crippen molar-refractivity contribution >= 4 is 34.8 Å². The summed E-state index contributed by atoms with van der Waals surface area (Å²) in [5, 5.41) is 3.88. The van der Waals surface area contributed by atoms with Gasteiger partial charge >= 0.3 is 0 Å². The van der Waals surface area contributed by atoms with Gasteiger partial charge in [0, 0.05) is 10.6 Å². The zero-order valence-corrected chi connectivity index (χ0v) is 11.2. The molecule has 0 bridgehead atoms. The maximum atomic E-state index is 11.9. The quantitative estimate of drug-likeness (QED) is 0.858. The minimum absolute atomic E-state index is 0.211. The Morgan fingerprint density at radius 3 is 2.33 bits per heavy atom. The van der Waals surface area contributed by atoms with Crippen LogP contribution < -0.4 is 5.32 Å². The second-order valence-electron chi connectivity index (χ2n) is 3.94. The molecule has 0 spiro atoms. The standard InChI is InChI=1S/C14H11Cl2NO/c1-9-2-7-13(12(16)8-9)17-14(18)10-3-5-11(15)6-4-10/h2-8H,1H3,(H,17,18). The molecule has 2 nitrogen and oxygen atoms in total. The van der Waals surface area contributed by atoms with E-state index in [1.165, 1.54) is 0 Å². The largest absolute Gasteiger partial charge is 0.321 e. The first kappa shape index (κ1) is 12.9. The van der Waals surface area contributed by atoms with Gasteiger partial charge in [-0.1, -0.05) is 29.3 Å². The van der Waals surface area contributed by atoms with Crippen LogP contribution in [-0.4, -0.2) is 5.91 Å². The molecule has 0 fully saturated rings. The SMILES string of the molecule is Cc1ccc(NC(=O)c2ccc(Cl)cc2)c(Cl)c1. The second-order valence-corrected chi connectivity index (χ2v) is 4.79. The molecule has 18 heavy (non-hydrogen) atoms. The van der Waals surface area contributed by atoms with Crippen molar-refractivity contribution in [2.45, 2.75) is 6.92 Å². The summed E-state index contributed by atoms with van der Waals surface area (Å²) in [5.41, 5.74) is 2.18. The van der Waals surface area contributed by atoms with E-state index in [9.17, 15) is 4.79 Å². The Kier molecular flexibility index (Phi) is 3.90. The van der Waals surface area contributed by atoms with Crippen LogP contribution >= 0.6 is 23.2 Å². The third kappa shape index (κ3) is 3.03. The highest BCUT2D eigenvalue weighted by atomic mass is 35.5. The predicted molar refractivity (Wildman–Crippen MR) is 75.6 cm³/mol. The molecular formula is C14H11Cl2NO. The fourth-order valence-electron chi connectivity index (χ4n) is 1.52. The molecule has 0 unspecified atom stereocenters. The van der Waals surface area contributed by atoms with Gasteiger partial charge in [-0.05, 0) is 48.9 Å². The maximum absolute atomic E-state index is 11.9. The Morgan fingerprint density at radius 2 is 1.72 bits per heavy atom. The molecule has 0 heterocycles. The molecule has 1 N–H and O–H groups in total. The lowest BCUT2D eigenvalue weighted by Crippen LogP contribution is -2.12. The molecule has 0 saturated carbocycles. The summed E-state index contributed by atoms with van der Waals surface area (Å²) in [6, 6.07) is 12.2. The zero-order valence-electron chi connectivity index (χ0n) is 9.71. The van der Waals surface area contributed by atoms with E-state index >= 15 is 0 Å². The first-order valence-electron chi connectivity index (χ1n) is 5.39. The molecule has 92 valence electrons. The number of anilines is 1. The van der Waals surface area contributed by atoms with Crippen LogP contribution in [-0.2, 0) is 0 Å². The van der Waals surface area contributed by atoms with Crippen LogP contribution in [0.3, 0.4) is 0 Å². The summed E-state index contributed by atoms with van der Waals surface area (Å²) in [5.74, 6) is -0.211. The van der Waals surface area contributed by atoms with Crippen molar-refractivity contribution in [2.75, 3.05) is 5.32 Å². The topological polar surface area (TPSA) is 29.1 Å².